The number of fused-ring (bicyclic) bond motifs is 1. The summed E-state index contributed by atoms with van der Waals surface area (Å²) in [6.07, 6.45) is 5.63. The van der Waals surface area contributed by atoms with E-state index in [0.29, 0.717) is 12.1 Å². The summed E-state index contributed by atoms with van der Waals surface area (Å²) in [6.45, 7) is 1.02. The van der Waals surface area contributed by atoms with Gasteiger partial charge in [0.1, 0.15) is 5.82 Å². The van der Waals surface area contributed by atoms with Crippen LogP contribution in [0.25, 0.3) is 0 Å². The molecule has 3 rings (SSSR count). The molecule has 1 aliphatic heterocycles. The summed E-state index contributed by atoms with van der Waals surface area (Å²) in [5, 5.41) is 0. The Kier molecular flexibility index (Phi) is 2.79. The minimum Gasteiger partial charge on any atom is -0.368 e. The molecule has 1 heterocycles. The maximum Gasteiger partial charge on any atom is 0.125 e. The highest BCUT2D eigenvalue weighted by Gasteiger charge is 2.29. The molecule has 1 aromatic rings. The summed E-state index contributed by atoms with van der Waals surface area (Å²) >= 11 is 0. The van der Waals surface area contributed by atoms with Gasteiger partial charge in [0.2, 0.25) is 0 Å². The molecule has 2 aliphatic rings. The van der Waals surface area contributed by atoms with Gasteiger partial charge in [0.15, 0.2) is 0 Å². The van der Waals surface area contributed by atoms with Gasteiger partial charge in [0, 0.05) is 24.3 Å². The van der Waals surface area contributed by atoms with Crippen molar-refractivity contribution in [2.24, 2.45) is 5.73 Å². The van der Waals surface area contributed by atoms with Gasteiger partial charge >= 0.3 is 0 Å². The Labute approximate surface area is 102 Å². The summed E-state index contributed by atoms with van der Waals surface area (Å²) in [5.41, 5.74) is 8.43. The van der Waals surface area contributed by atoms with Crippen LogP contribution in [0.3, 0.4) is 0 Å². The minimum atomic E-state index is -0.129. The standard InChI is InChI=1S/C14H19FN2/c15-11-5-4-10-6-7-17(14(10)8-11)13-3-1-2-12(16)9-13/h4-5,8,12-13H,1-3,6-7,9,16H2. The Balaban J connectivity index is 1.84. The van der Waals surface area contributed by atoms with Crippen molar-refractivity contribution in [3.05, 3.63) is 29.6 Å². The highest BCUT2D eigenvalue weighted by Crippen LogP contribution is 2.34. The molecule has 0 radical (unpaired) electrons. The summed E-state index contributed by atoms with van der Waals surface area (Å²) in [6, 6.07) is 6.01. The number of anilines is 1. The van der Waals surface area contributed by atoms with Gasteiger partial charge < -0.3 is 10.6 Å². The normalized spacial score (nSPS) is 28.2. The van der Waals surface area contributed by atoms with E-state index in [1.54, 1.807) is 12.1 Å². The van der Waals surface area contributed by atoms with Gasteiger partial charge in [-0.25, -0.2) is 4.39 Å². The van der Waals surface area contributed by atoms with Crippen LogP contribution in [0.2, 0.25) is 0 Å². The first kappa shape index (κ1) is 11.0. The molecule has 0 bridgehead atoms. The smallest absolute Gasteiger partial charge is 0.125 e. The summed E-state index contributed by atoms with van der Waals surface area (Å²) in [7, 11) is 0. The molecule has 0 spiro atoms. The fraction of sp³-hybridized carbons (Fsp3) is 0.571. The third-order valence-corrected chi connectivity index (χ3v) is 4.11. The molecule has 2 N–H and O–H groups in total. The SMILES string of the molecule is NC1CCCC(N2CCc3ccc(F)cc32)C1. The van der Waals surface area contributed by atoms with E-state index in [0.717, 1.165) is 31.5 Å². The highest BCUT2D eigenvalue weighted by atomic mass is 19.1. The predicted octanol–water partition coefficient (Wildman–Crippen LogP) is 2.46. The third kappa shape index (κ3) is 2.04. The summed E-state index contributed by atoms with van der Waals surface area (Å²) in [5.74, 6) is -0.129. The topological polar surface area (TPSA) is 29.3 Å². The van der Waals surface area contributed by atoms with E-state index >= 15 is 0 Å². The van der Waals surface area contributed by atoms with Crippen molar-refractivity contribution in [2.45, 2.75) is 44.2 Å². The molecule has 1 aliphatic carbocycles. The number of nitrogens with zero attached hydrogens (tertiary/aromatic N) is 1. The van der Waals surface area contributed by atoms with Crippen LogP contribution in [0.15, 0.2) is 18.2 Å². The third-order valence-electron chi connectivity index (χ3n) is 4.11. The fourth-order valence-electron chi connectivity index (χ4n) is 3.24. The van der Waals surface area contributed by atoms with Gasteiger partial charge in [-0.3, -0.25) is 0 Å². The van der Waals surface area contributed by atoms with Crippen LogP contribution in [0.4, 0.5) is 10.1 Å². The van der Waals surface area contributed by atoms with Crippen LogP contribution >= 0.6 is 0 Å². The average molecular weight is 234 g/mol. The molecule has 0 amide bonds. The van der Waals surface area contributed by atoms with Gasteiger partial charge in [0.25, 0.3) is 0 Å². The lowest BCUT2D eigenvalue weighted by molar-refractivity contribution is 0.377. The molecule has 2 unspecified atom stereocenters. The van der Waals surface area contributed by atoms with Gasteiger partial charge in [-0.2, -0.15) is 0 Å². The molecule has 1 aromatic carbocycles. The molecule has 3 heteroatoms. The van der Waals surface area contributed by atoms with E-state index in [9.17, 15) is 4.39 Å². The first-order chi connectivity index (χ1) is 8.24. The molecule has 1 saturated carbocycles. The van der Waals surface area contributed by atoms with Crippen molar-refractivity contribution in [1.29, 1.82) is 0 Å². The average Bonchev–Trinajstić information content (AvgIpc) is 2.71. The maximum absolute atomic E-state index is 13.3. The van der Waals surface area contributed by atoms with E-state index in [2.05, 4.69) is 4.90 Å². The van der Waals surface area contributed by atoms with Crippen molar-refractivity contribution in [3.8, 4) is 0 Å². The van der Waals surface area contributed by atoms with Crippen LogP contribution < -0.4 is 10.6 Å². The van der Waals surface area contributed by atoms with Crippen molar-refractivity contribution >= 4 is 5.69 Å². The van der Waals surface area contributed by atoms with E-state index in [1.807, 2.05) is 6.07 Å². The molecule has 92 valence electrons. The number of hydrogen-bond acceptors (Lipinski definition) is 2. The van der Waals surface area contributed by atoms with Crippen molar-refractivity contribution in [1.82, 2.24) is 0 Å². The quantitative estimate of drug-likeness (QED) is 0.808. The Morgan fingerprint density at radius 2 is 2.18 bits per heavy atom. The van der Waals surface area contributed by atoms with Gasteiger partial charge in [-0.05, 0) is 49.8 Å². The molecular formula is C14H19FN2. The van der Waals surface area contributed by atoms with E-state index < -0.39 is 0 Å². The van der Waals surface area contributed by atoms with Crippen LogP contribution in [-0.4, -0.2) is 18.6 Å². The molecule has 0 saturated heterocycles. The second-order valence-corrected chi connectivity index (χ2v) is 5.30. The maximum atomic E-state index is 13.3. The predicted molar refractivity (Wildman–Crippen MR) is 67.7 cm³/mol. The van der Waals surface area contributed by atoms with Gasteiger partial charge in [-0.1, -0.05) is 6.07 Å². The molecular weight excluding hydrogens is 215 g/mol. The molecule has 1 fully saturated rings. The van der Waals surface area contributed by atoms with E-state index in [1.165, 1.54) is 18.4 Å². The lowest BCUT2D eigenvalue weighted by Gasteiger charge is -2.35. The van der Waals surface area contributed by atoms with Gasteiger partial charge in [0.05, 0.1) is 0 Å². The molecule has 17 heavy (non-hydrogen) atoms. The van der Waals surface area contributed by atoms with Gasteiger partial charge in [-0.15, -0.1) is 0 Å². The highest BCUT2D eigenvalue weighted by molar-refractivity contribution is 5.59. The summed E-state index contributed by atoms with van der Waals surface area (Å²) in [4.78, 5) is 2.37. The van der Waals surface area contributed by atoms with Crippen LogP contribution in [0.5, 0.6) is 0 Å². The summed E-state index contributed by atoms with van der Waals surface area (Å²) < 4.78 is 13.3. The van der Waals surface area contributed by atoms with Crippen molar-refractivity contribution in [3.63, 3.8) is 0 Å². The Morgan fingerprint density at radius 1 is 1.29 bits per heavy atom. The second-order valence-electron chi connectivity index (χ2n) is 5.30. The van der Waals surface area contributed by atoms with E-state index in [4.69, 9.17) is 5.73 Å². The Hall–Kier alpha value is -1.09. The number of nitrogens with two attached hydrogens (primary N) is 1. The minimum absolute atomic E-state index is 0.129. The number of benzene rings is 1. The zero-order valence-electron chi connectivity index (χ0n) is 10.0. The lowest BCUT2D eigenvalue weighted by atomic mass is 9.90. The number of rotatable bonds is 1. The largest absolute Gasteiger partial charge is 0.368 e. The first-order valence-electron chi connectivity index (χ1n) is 6.54. The van der Waals surface area contributed by atoms with E-state index in [-0.39, 0.29) is 5.82 Å². The zero-order valence-corrected chi connectivity index (χ0v) is 10.0. The molecule has 2 nitrogen and oxygen atoms in total. The number of halogens is 1. The zero-order chi connectivity index (χ0) is 11.8. The Morgan fingerprint density at radius 3 is 3.00 bits per heavy atom. The Bertz CT molecular complexity index is 419. The number of hydrogen-bond donors (Lipinski definition) is 1. The second kappa shape index (κ2) is 4.30. The van der Waals surface area contributed by atoms with Crippen LogP contribution in [0, 0.1) is 5.82 Å². The first-order valence-corrected chi connectivity index (χ1v) is 6.54. The lowest BCUT2D eigenvalue weighted by Crippen LogP contribution is -2.41. The van der Waals surface area contributed by atoms with Crippen molar-refractivity contribution < 1.29 is 4.39 Å². The molecule has 2 atom stereocenters. The van der Waals surface area contributed by atoms with Crippen LogP contribution in [0.1, 0.15) is 31.2 Å². The fourth-order valence-corrected chi connectivity index (χ4v) is 3.24. The van der Waals surface area contributed by atoms with Crippen LogP contribution in [-0.2, 0) is 6.42 Å². The van der Waals surface area contributed by atoms with Crippen molar-refractivity contribution in [2.75, 3.05) is 11.4 Å². The molecule has 0 aromatic heterocycles. The monoisotopic (exact) mass is 234 g/mol.